The molecule has 2 aromatic heterocycles. The molecule has 206 valence electrons. The van der Waals surface area contributed by atoms with Crippen molar-refractivity contribution in [1.29, 1.82) is 0 Å². The van der Waals surface area contributed by atoms with E-state index in [2.05, 4.69) is 9.71 Å². The summed E-state index contributed by atoms with van der Waals surface area (Å²) >= 11 is 6.08. The summed E-state index contributed by atoms with van der Waals surface area (Å²) in [5.41, 5.74) is -2.23. The maximum atomic E-state index is 13.6. The average molecular weight is 603 g/mol. The Labute approximate surface area is 224 Å². The molecule has 0 aliphatic rings. The highest BCUT2D eigenvalue weighted by Crippen LogP contribution is 2.37. The van der Waals surface area contributed by atoms with Gasteiger partial charge in [-0.15, -0.1) is 0 Å². The lowest BCUT2D eigenvalue weighted by Gasteiger charge is -2.15. The number of nitrogens with zero attached hydrogens (tertiary/aromatic N) is 1. The van der Waals surface area contributed by atoms with Gasteiger partial charge in [-0.05, 0) is 48.5 Å². The number of halogens is 4. The summed E-state index contributed by atoms with van der Waals surface area (Å²) in [4.78, 5) is 28.0. The molecule has 0 unspecified atom stereocenters. The van der Waals surface area contributed by atoms with Gasteiger partial charge in [-0.1, -0.05) is 17.7 Å². The number of nitrogens with one attached hydrogen (secondary N) is 3. The Morgan fingerprint density at radius 2 is 1.77 bits per heavy atom. The Morgan fingerprint density at radius 3 is 2.41 bits per heavy atom. The van der Waals surface area contributed by atoms with Gasteiger partial charge in [-0.25, -0.2) is 21.6 Å². The summed E-state index contributed by atoms with van der Waals surface area (Å²) in [5, 5.41) is 0.0976. The van der Waals surface area contributed by atoms with Gasteiger partial charge >= 0.3 is 6.18 Å². The minimum absolute atomic E-state index is 0.00495. The fourth-order valence-electron chi connectivity index (χ4n) is 3.97. The number of carbonyl (C=O) groups excluding carboxylic acids is 1. The highest BCUT2D eigenvalue weighted by molar-refractivity contribution is 7.92. The number of benzene rings is 2. The van der Waals surface area contributed by atoms with Crippen LogP contribution in [0, 0.1) is 0 Å². The van der Waals surface area contributed by atoms with Crippen molar-refractivity contribution in [1.82, 2.24) is 14.3 Å². The molecule has 0 saturated carbocycles. The van der Waals surface area contributed by atoms with Crippen LogP contribution in [0.2, 0.25) is 5.02 Å². The minimum Gasteiger partial charge on any atom is -0.329 e. The Kier molecular flexibility index (Phi) is 7.27. The van der Waals surface area contributed by atoms with E-state index in [9.17, 15) is 39.6 Å². The van der Waals surface area contributed by atoms with Crippen LogP contribution >= 0.6 is 11.6 Å². The van der Waals surface area contributed by atoms with Crippen molar-refractivity contribution < 1.29 is 34.8 Å². The third-order valence-electron chi connectivity index (χ3n) is 5.34. The van der Waals surface area contributed by atoms with Gasteiger partial charge in [0.15, 0.2) is 0 Å². The van der Waals surface area contributed by atoms with Crippen LogP contribution < -0.4 is 15.0 Å². The Morgan fingerprint density at radius 1 is 1.05 bits per heavy atom. The summed E-state index contributed by atoms with van der Waals surface area (Å²) in [7, 11) is -8.51. The molecular formula is C23H18ClF3N4O6S2. The number of hydrogen-bond donors (Lipinski definition) is 3. The molecule has 3 N–H and O–H groups in total. The van der Waals surface area contributed by atoms with Crippen molar-refractivity contribution in [3.05, 3.63) is 81.9 Å². The molecule has 0 saturated heterocycles. The number of fused-ring (bicyclic) bond motifs is 1. The van der Waals surface area contributed by atoms with E-state index in [1.165, 1.54) is 48.7 Å². The van der Waals surface area contributed by atoms with Gasteiger partial charge in [0, 0.05) is 38.9 Å². The van der Waals surface area contributed by atoms with Crippen LogP contribution in [0.4, 0.5) is 18.9 Å². The first-order chi connectivity index (χ1) is 18.1. The van der Waals surface area contributed by atoms with Crippen molar-refractivity contribution >= 4 is 54.1 Å². The molecule has 16 heteroatoms. The summed E-state index contributed by atoms with van der Waals surface area (Å²) < 4.78 is 94.5. The first kappa shape index (κ1) is 28.2. The summed E-state index contributed by atoms with van der Waals surface area (Å²) in [5.74, 6) is -1.47. The SMILES string of the molecule is CS(=O)(=O)Nc1cccc(S(=O)(=O)NC(=O)c2c(-c3ccc[nH]c3=O)c3cc(Cl)ccc3n2CC(F)(F)F)c1. The maximum absolute atomic E-state index is 13.6. The fraction of sp³-hybridized carbons (Fsp3) is 0.130. The van der Waals surface area contributed by atoms with Crippen molar-refractivity contribution in [2.75, 3.05) is 11.0 Å². The number of aromatic amines is 1. The molecule has 0 atom stereocenters. The molecule has 4 aromatic rings. The zero-order chi connectivity index (χ0) is 28.8. The van der Waals surface area contributed by atoms with E-state index in [1.54, 1.807) is 4.72 Å². The van der Waals surface area contributed by atoms with Crippen LogP contribution in [0.5, 0.6) is 0 Å². The highest BCUT2D eigenvalue weighted by atomic mass is 35.5. The number of carbonyl (C=O) groups is 1. The molecule has 4 rings (SSSR count). The van der Waals surface area contributed by atoms with Crippen LogP contribution in [0.15, 0.2) is 70.5 Å². The third-order valence-corrected chi connectivity index (χ3v) is 7.51. The number of rotatable bonds is 7. The van der Waals surface area contributed by atoms with Gasteiger partial charge in [0.1, 0.15) is 12.2 Å². The second-order valence-corrected chi connectivity index (χ2v) is 12.2. The number of pyridine rings is 1. The lowest BCUT2D eigenvalue weighted by Crippen LogP contribution is -2.34. The number of anilines is 1. The van der Waals surface area contributed by atoms with Gasteiger partial charge in [0.2, 0.25) is 10.0 Å². The first-order valence-corrected chi connectivity index (χ1v) is 14.5. The molecule has 39 heavy (non-hydrogen) atoms. The Bertz CT molecular complexity index is 1880. The van der Waals surface area contributed by atoms with E-state index in [0.29, 0.717) is 4.57 Å². The van der Waals surface area contributed by atoms with Gasteiger partial charge in [-0.2, -0.15) is 13.2 Å². The van der Waals surface area contributed by atoms with Crippen molar-refractivity contribution in [2.45, 2.75) is 17.6 Å². The maximum Gasteiger partial charge on any atom is 0.406 e. The number of sulfonamides is 2. The normalized spacial score (nSPS) is 12.4. The van der Waals surface area contributed by atoms with Crippen LogP contribution in [-0.2, 0) is 26.6 Å². The standard InChI is InChI=1S/C23H18ClF3N4O6S2/c1-38(34,35)29-14-4-2-5-15(11-14)39(36,37)30-22(33)20-19(16-6-3-9-28-21(16)32)17-10-13(24)7-8-18(17)31(20)12-23(25,26)27/h2-11,29H,12H2,1H3,(H,28,32)(H,30,33). The molecule has 0 aliphatic carbocycles. The molecular weight excluding hydrogens is 585 g/mol. The van der Waals surface area contributed by atoms with Gasteiger partial charge < -0.3 is 9.55 Å². The quantitative estimate of drug-likeness (QED) is 0.294. The predicted octanol–water partition coefficient (Wildman–Crippen LogP) is 3.70. The van der Waals surface area contributed by atoms with Crippen molar-refractivity contribution in [3.63, 3.8) is 0 Å². The molecule has 0 radical (unpaired) electrons. The van der Waals surface area contributed by atoms with Crippen LogP contribution in [-0.4, -0.2) is 44.7 Å². The van der Waals surface area contributed by atoms with Gasteiger partial charge in [0.25, 0.3) is 21.5 Å². The second-order valence-electron chi connectivity index (χ2n) is 8.34. The zero-order valence-electron chi connectivity index (χ0n) is 19.7. The first-order valence-electron chi connectivity index (χ1n) is 10.8. The molecule has 10 nitrogen and oxygen atoms in total. The lowest BCUT2D eigenvalue weighted by molar-refractivity contribution is -0.140. The monoisotopic (exact) mass is 602 g/mol. The summed E-state index contributed by atoms with van der Waals surface area (Å²) in [6.45, 7) is -1.69. The number of amides is 1. The molecule has 0 bridgehead atoms. The van der Waals surface area contributed by atoms with Gasteiger partial charge in [0.05, 0.1) is 11.2 Å². The van der Waals surface area contributed by atoms with E-state index in [1.807, 2.05) is 0 Å². The van der Waals surface area contributed by atoms with Crippen molar-refractivity contribution in [2.24, 2.45) is 0 Å². The average Bonchev–Trinajstić information content (AvgIpc) is 3.09. The van der Waals surface area contributed by atoms with E-state index in [-0.39, 0.29) is 32.7 Å². The molecule has 1 amide bonds. The lowest BCUT2D eigenvalue weighted by atomic mass is 10.0. The van der Waals surface area contributed by atoms with E-state index in [0.717, 1.165) is 18.4 Å². The third kappa shape index (κ3) is 6.26. The zero-order valence-corrected chi connectivity index (χ0v) is 22.1. The molecule has 0 spiro atoms. The number of aromatic nitrogens is 2. The summed E-state index contributed by atoms with van der Waals surface area (Å²) in [6.07, 6.45) is -2.73. The Hall–Kier alpha value is -3.82. The fourth-order valence-corrected chi connectivity index (χ4v) is 5.69. The topological polar surface area (TPSA) is 147 Å². The highest BCUT2D eigenvalue weighted by Gasteiger charge is 2.35. The second kappa shape index (κ2) is 10.1. The van der Waals surface area contributed by atoms with Crippen LogP contribution in [0.25, 0.3) is 22.0 Å². The largest absolute Gasteiger partial charge is 0.406 e. The predicted molar refractivity (Wildman–Crippen MR) is 139 cm³/mol. The van der Waals surface area contributed by atoms with Crippen LogP contribution in [0.1, 0.15) is 10.5 Å². The molecule has 0 fully saturated rings. The Balaban J connectivity index is 1.93. The molecule has 0 aliphatic heterocycles. The van der Waals surface area contributed by atoms with Crippen molar-refractivity contribution in [3.8, 4) is 11.1 Å². The smallest absolute Gasteiger partial charge is 0.329 e. The summed E-state index contributed by atoms with van der Waals surface area (Å²) in [6, 6.07) is 10.8. The van der Waals surface area contributed by atoms with E-state index >= 15 is 0 Å². The molecule has 2 heterocycles. The van der Waals surface area contributed by atoms with E-state index < -0.39 is 54.8 Å². The van der Waals surface area contributed by atoms with E-state index in [4.69, 9.17) is 11.6 Å². The van der Waals surface area contributed by atoms with Crippen LogP contribution in [0.3, 0.4) is 0 Å². The van der Waals surface area contributed by atoms with Gasteiger partial charge in [-0.3, -0.25) is 14.3 Å². The number of alkyl halides is 3. The number of hydrogen-bond acceptors (Lipinski definition) is 6. The number of H-pyrrole nitrogens is 1. The minimum atomic E-state index is -4.84. The molecule has 2 aromatic carbocycles.